The molecule has 0 unspecified atom stereocenters. The Bertz CT molecular complexity index is 1250. The number of nitrogen functional groups attached to an aromatic ring is 1. The Hall–Kier alpha value is -3.85. The van der Waals surface area contributed by atoms with E-state index in [-0.39, 0.29) is 42.6 Å². The van der Waals surface area contributed by atoms with Crippen molar-refractivity contribution in [2.75, 3.05) is 29.6 Å². The molecular formula is C29H36FN5O3. The number of anilines is 3. The number of aliphatic hydroxyl groups is 1. The summed E-state index contributed by atoms with van der Waals surface area (Å²) < 4.78 is 27.5. The van der Waals surface area contributed by atoms with E-state index >= 15 is 4.39 Å². The topological polar surface area (TPSA) is 108 Å². The van der Waals surface area contributed by atoms with E-state index in [0.717, 1.165) is 30.9 Å². The zero-order valence-corrected chi connectivity index (χ0v) is 22.2. The van der Waals surface area contributed by atoms with Crippen molar-refractivity contribution >= 4 is 23.0 Å². The van der Waals surface area contributed by atoms with E-state index in [9.17, 15) is 5.11 Å². The quantitative estimate of drug-likeness (QED) is 0.241. The number of hydrogen-bond acceptors (Lipinski definition) is 7. The van der Waals surface area contributed by atoms with E-state index in [1.54, 1.807) is 36.4 Å². The number of aliphatic hydroxyl groups excluding tert-OH is 1. The summed E-state index contributed by atoms with van der Waals surface area (Å²) in [6, 6.07) is 16.1. The number of benzene rings is 2. The third-order valence-corrected chi connectivity index (χ3v) is 6.44. The molecule has 4 N–H and O–H groups in total. The van der Waals surface area contributed by atoms with Crippen molar-refractivity contribution in [3.05, 3.63) is 71.7 Å². The molecule has 9 heteroatoms. The number of hydrogen-bond donors (Lipinski definition) is 3. The summed E-state index contributed by atoms with van der Waals surface area (Å²) in [7, 11) is 0. The Morgan fingerprint density at radius 1 is 1.24 bits per heavy atom. The van der Waals surface area contributed by atoms with Crippen LogP contribution in [-0.2, 0) is 6.54 Å². The Morgan fingerprint density at radius 2 is 2.00 bits per heavy atom. The highest BCUT2D eigenvalue weighted by Gasteiger charge is 2.26. The molecule has 1 atom stereocenters. The van der Waals surface area contributed by atoms with E-state index < -0.39 is 5.82 Å². The van der Waals surface area contributed by atoms with Crippen molar-refractivity contribution < 1.29 is 19.0 Å². The standard InChI is InChI=1S/C29H36FN5O3/c1-4-37-24-15-25(28(30)26(16-24)38-19(2)3)35(22-12-10-20(11-13-22)29(31)32)17-21-7-5-9-27(33-21)34-14-6-8-23(34)18-36/h5,7,9-13,15-16,19,23,36H,4,6,8,14,17-18H2,1-3H3,(H3,31,32)/t23-/m0/s1. The molecule has 0 radical (unpaired) electrons. The van der Waals surface area contributed by atoms with E-state index in [4.69, 9.17) is 25.6 Å². The number of halogens is 1. The number of ether oxygens (including phenoxy) is 2. The van der Waals surface area contributed by atoms with Crippen LogP contribution in [-0.4, -0.2) is 47.8 Å². The number of nitrogens with two attached hydrogens (primary N) is 1. The van der Waals surface area contributed by atoms with E-state index in [2.05, 4.69) is 4.90 Å². The summed E-state index contributed by atoms with van der Waals surface area (Å²) in [6.07, 6.45) is 1.70. The number of amidine groups is 1. The molecule has 1 aromatic heterocycles. The minimum absolute atomic E-state index is 0.0429. The molecular weight excluding hydrogens is 485 g/mol. The predicted molar refractivity (Wildman–Crippen MR) is 148 cm³/mol. The van der Waals surface area contributed by atoms with Gasteiger partial charge in [0.05, 0.1) is 43.3 Å². The van der Waals surface area contributed by atoms with Gasteiger partial charge < -0.3 is 30.1 Å². The van der Waals surface area contributed by atoms with Crippen molar-refractivity contribution in [3.63, 3.8) is 0 Å². The third kappa shape index (κ3) is 6.16. The highest BCUT2D eigenvalue weighted by Crippen LogP contribution is 2.38. The minimum Gasteiger partial charge on any atom is -0.494 e. The fourth-order valence-electron chi connectivity index (χ4n) is 4.69. The van der Waals surface area contributed by atoms with Crippen LogP contribution in [0.15, 0.2) is 54.6 Å². The van der Waals surface area contributed by atoms with Gasteiger partial charge in [-0.15, -0.1) is 0 Å². The average molecular weight is 522 g/mol. The third-order valence-electron chi connectivity index (χ3n) is 6.44. The summed E-state index contributed by atoms with van der Waals surface area (Å²) in [5, 5.41) is 17.5. The summed E-state index contributed by atoms with van der Waals surface area (Å²) in [4.78, 5) is 8.82. The largest absolute Gasteiger partial charge is 0.494 e. The summed E-state index contributed by atoms with van der Waals surface area (Å²) >= 11 is 0. The van der Waals surface area contributed by atoms with E-state index in [0.29, 0.717) is 23.6 Å². The highest BCUT2D eigenvalue weighted by molar-refractivity contribution is 5.95. The molecule has 4 rings (SSSR count). The van der Waals surface area contributed by atoms with Crippen LogP contribution in [0, 0.1) is 11.2 Å². The smallest absolute Gasteiger partial charge is 0.188 e. The Kier molecular flexibility index (Phi) is 8.68. The lowest BCUT2D eigenvalue weighted by Crippen LogP contribution is -2.33. The lowest BCUT2D eigenvalue weighted by Gasteiger charge is -2.28. The predicted octanol–water partition coefficient (Wildman–Crippen LogP) is 4.99. The first kappa shape index (κ1) is 27.2. The first-order chi connectivity index (χ1) is 18.3. The second-order valence-corrected chi connectivity index (χ2v) is 9.56. The van der Waals surface area contributed by atoms with Crippen LogP contribution in [0.5, 0.6) is 11.5 Å². The molecule has 0 spiro atoms. The summed E-state index contributed by atoms with van der Waals surface area (Å²) in [6.45, 7) is 7.16. The summed E-state index contributed by atoms with van der Waals surface area (Å²) in [5.41, 5.74) is 7.94. The Labute approximate surface area is 223 Å². The fraction of sp³-hybridized carbons (Fsp3) is 0.379. The molecule has 0 amide bonds. The molecule has 2 aromatic carbocycles. The SMILES string of the molecule is CCOc1cc(OC(C)C)c(F)c(N(Cc2cccc(N3CCC[C@H]3CO)n2)c2ccc(C(=N)N)cc2)c1. The Morgan fingerprint density at radius 3 is 2.66 bits per heavy atom. The zero-order chi connectivity index (χ0) is 27.2. The second-order valence-electron chi connectivity index (χ2n) is 9.56. The van der Waals surface area contributed by atoms with Gasteiger partial charge in [0.2, 0.25) is 0 Å². The average Bonchev–Trinajstić information content (AvgIpc) is 3.38. The van der Waals surface area contributed by atoms with Crippen molar-refractivity contribution in [1.29, 1.82) is 5.41 Å². The normalized spacial score (nSPS) is 15.1. The van der Waals surface area contributed by atoms with E-state index in [1.807, 2.05) is 43.9 Å². The molecule has 1 fully saturated rings. The van der Waals surface area contributed by atoms with Crippen LogP contribution in [0.1, 0.15) is 44.9 Å². The first-order valence-corrected chi connectivity index (χ1v) is 13.0. The van der Waals surface area contributed by atoms with Crippen molar-refractivity contribution in [2.24, 2.45) is 5.73 Å². The van der Waals surface area contributed by atoms with Crippen molar-refractivity contribution in [1.82, 2.24) is 4.98 Å². The minimum atomic E-state index is -0.506. The number of nitrogens with one attached hydrogen (secondary N) is 1. The van der Waals surface area contributed by atoms with Gasteiger partial charge in [-0.3, -0.25) is 5.41 Å². The summed E-state index contributed by atoms with van der Waals surface area (Å²) in [5.74, 6) is 0.844. The van der Waals surface area contributed by atoms with Gasteiger partial charge in [-0.2, -0.15) is 0 Å². The number of rotatable bonds is 11. The van der Waals surface area contributed by atoms with Crippen LogP contribution < -0.4 is 25.0 Å². The monoisotopic (exact) mass is 521 g/mol. The van der Waals surface area contributed by atoms with Crippen molar-refractivity contribution in [2.45, 2.75) is 52.3 Å². The van der Waals surface area contributed by atoms with Crippen LogP contribution in [0.2, 0.25) is 0 Å². The molecule has 1 aliphatic rings. The van der Waals surface area contributed by atoms with Crippen LogP contribution in [0.4, 0.5) is 21.6 Å². The van der Waals surface area contributed by atoms with Crippen LogP contribution >= 0.6 is 0 Å². The van der Waals surface area contributed by atoms with Crippen LogP contribution in [0.3, 0.4) is 0 Å². The van der Waals surface area contributed by atoms with Gasteiger partial charge in [0.15, 0.2) is 11.6 Å². The van der Waals surface area contributed by atoms with Gasteiger partial charge >= 0.3 is 0 Å². The van der Waals surface area contributed by atoms with Crippen LogP contribution in [0.25, 0.3) is 0 Å². The van der Waals surface area contributed by atoms with Crippen molar-refractivity contribution in [3.8, 4) is 11.5 Å². The lowest BCUT2D eigenvalue weighted by molar-refractivity contribution is 0.229. The zero-order valence-electron chi connectivity index (χ0n) is 22.2. The van der Waals surface area contributed by atoms with Gasteiger partial charge in [0, 0.05) is 29.9 Å². The maximum absolute atomic E-state index is 16.0. The number of pyridine rings is 1. The molecule has 1 saturated heterocycles. The second kappa shape index (κ2) is 12.1. The molecule has 38 heavy (non-hydrogen) atoms. The number of aromatic nitrogens is 1. The van der Waals surface area contributed by atoms with Gasteiger partial charge in [-0.05, 0) is 70.0 Å². The lowest BCUT2D eigenvalue weighted by atomic mass is 10.1. The van der Waals surface area contributed by atoms with Gasteiger partial charge in [-0.25, -0.2) is 9.37 Å². The Balaban J connectivity index is 1.79. The van der Waals surface area contributed by atoms with Gasteiger partial charge in [-0.1, -0.05) is 6.07 Å². The van der Waals surface area contributed by atoms with Gasteiger partial charge in [0.25, 0.3) is 0 Å². The van der Waals surface area contributed by atoms with Gasteiger partial charge in [0.1, 0.15) is 17.4 Å². The highest BCUT2D eigenvalue weighted by atomic mass is 19.1. The molecule has 2 heterocycles. The molecule has 1 aliphatic heterocycles. The molecule has 0 bridgehead atoms. The fourth-order valence-corrected chi connectivity index (χ4v) is 4.69. The molecule has 3 aromatic rings. The molecule has 202 valence electrons. The number of nitrogens with zero attached hydrogens (tertiary/aromatic N) is 3. The maximum atomic E-state index is 16.0. The molecule has 0 aliphatic carbocycles. The van der Waals surface area contributed by atoms with E-state index in [1.165, 1.54) is 0 Å². The first-order valence-electron chi connectivity index (χ1n) is 13.0. The molecule has 8 nitrogen and oxygen atoms in total. The molecule has 0 saturated carbocycles. The maximum Gasteiger partial charge on any atom is 0.188 e.